The molecule has 36 heavy (non-hydrogen) atoms. The largest absolute Gasteiger partial charge is 0.463 e. The molecule has 0 aromatic carbocycles. The highest BCUT2D eigenvalue weighted by Gasteiger charge is 2.54. The second-order valence-electron chi connectivity index (χ2n) is 8.51. The molecule has 2 fully saturated rings. The van der Waals surface area contributed by atoms with Gasteiger partial charge in [-0.2, -0.15) is 0 Å². The van der Waals surface area contributed by atoms with Crippen molar-refractivity contribution in [3.63, 3.8) is 0 Å². The van der Waals surface area contributed by atoms with E-state index in [0.29, 0.717) is 0 Å². The van der Waals surface area contributed by atoms with E-state index in [-0.39, 0.29) is 19.3 Å². The molecule has 0 bridgehead atoms. The molecule has 8 atom stereocenters. The van der Waals surface area contributed by atoms with Crippen molar-refractivity contribution in [2.24, 2.45) is 0 Å². The van der Waals surface area contributed by atoms with E-state index in [0.717, 1.165) is 27.7 Å². The van der Waals surface area contributed by atoms with E-state index in [1.54, 1.807) is 0 Å². The van der Waals surface area contributed by atoms with Crippen LogP contribution >= 0.6 is 0 Å². The first-order chi connectivity index (χ1) is 16.8. The summed E-state index contributed by atoms with van der Waals surface area (Å²) in [6, 6.07) is -4.76. The van der Waals surface area contributed by atoms with Gasteiger partial charge in [-0.1, -0.05) is 0 Å². The summed E-state index contributed by atoms with van der Waals surface area (Å²) in [5.41, 5.74) is 0. The zero-order chi connectivity index (χ0) is 27.2. The van der Waals surface area contributed by atoms with E-state index in [2.05, 4.69) is 5.32 Å². The molecule has 16 heteroatoms. The average molecular weight is 519 g/mol. The topological polar surface area (TPSA) is 213 Å². The van der Waals surface area contributed by atoms with Crippen LogP contribution in [0.1, 0.15) is 47.0 Å². The number of nitro groups is 2. The molecule has 1 saturated heterocycles. The van der Waals surface area contributed by atoms with Gasteiger partial charge in [-0.15, -0.1) is 0 Å². The van der Waals surface area contributed by atoms with Gasteiger partial charge >= 0.3 is 23.9 Å². The van der Waals surface area contributed by atoms with Crippen LogP contribution in [0.5, 0.6) is 0 Å². The van der Waals surface area contributed by atoms with Gasteiger partial charge in [0, 0.05) is 44.0 Å². The molecule has 202 valence electrons. The SMILES string of the molecule is CC(=O)OC[C@@H]1O[C@@H](OC(C)=O)[C@H](N[C@@H]2CC[C@H]([N+](=O)[O-])C[C@H]2[N+](=O)[O-])[C@@H](OC(C)=O)[C@@H]1OC(C)=O. The second-order valence-corrected chi connectivity index (χ2v) is 8.51. The lowest BCUT2D eigenvalue weighted by molar-refractivity contribution is -0.570. The Morgan fingerprint density at radius 3 is 1.94 bits per heavy atom. The van der Waals surface area contributed by atoms with Crippen LogP contribution in [0.15, 0.2) is 0 Å². The summed E-state index contributed by atoms with van der Waals surface area (Å²) in [7, 11) is 0. The molecule has 1 saturated carbocycles. The van der Waals surface area contributed by atoms with E-state index in [1.807, 2.05) is 0 Å². The first kappa shape index (κ1) is 28.8. The van der Waals surface area contributed by atoms with Crippen molar-refractivity contribution in [2.45, 2.75) is 95.7 Å². The molecule has 0 spiro atoms. The fourth-order valence-electron chi connectivity index (χ4n) is 4.33. The maximum Gasteiger partial charge on any atom is 0.304 e. The lowest BCUT2D eigenvalue weighted by Gasteiger charge is -2.46. The maximum absolute atomic E-state index is 12.0. The molecule has 0 aromatic heterocycles. The lowest BCUT2D eigenvalue weighted by Crippen LogP contribution is -2.69. The van der Waals surface area contributed by atoms with Crippen molar-refractivity contribution in [2.75, 3.05) is 6.61 Å². The Balaban J connectivity index is 2.45. The van der Waals surface area contributed by atoms with Crippen molar-refractivity contribution >= 4 is 23.9 Å². The minimum absolute atomic E-state index is 0.00246. The van der Waals surface area contributed by atoms with Gasteiger partial charge in [-0.05, 0) is 6.42 Å². The minimum Gasteiger partial charge on any atom is -0.463 e. The molecule has 1 N–H and O–H groups in total. The first-order valence-electron chi connectivity index (χ1n) is 11.1. The summed E-state index contributed by atoms with van der Waals surface area (Å²) in [5, 5.41) is 25.8. The number of ether oxygens (including phenoxy) is 5. The number of esters is 4. The standard InChI is InChI=1S/C20H29N3O13/c1-9(24)32-8-16-18(33-10(2)25)19(34-11(3)26)17(20(36-16)35-12(4)27)21-14-6-5-13(22(28)29)7-15(14)23(30)31/h13-21H,5-8H2,1-4H3/t13-,14+,15+,16-,17+,18+,19+,20+/m0/s1. The highest BCUT2D eigenvalue weighted by molar-refractivity contribution is 5.68. The Hall–Kier alpha value is -3.40. The van der Waals surface area contributed by atoms with Crippen molar-refractivity contribution in [3.8, 4) is 0 Å². The summed E-state index contributed by atoms with van der Waals surface area (Å²) >= 11 is 0. The number of nitrogens with zero attached hydrogens (tertiary/aromatic N) is 2. The molecule has 1 aliphatic heterocycles. The summed E-state index contributed by atoms with van der Waals surface area (Å²) in [4.78, 5) is 68.7. The van der Waals surface area contributed by atoms with Crippen molar-refractivity contribution < 1.29 is 52.7 Å². The van der Waals surface area contributed by atoms with Crippen LogP contribution in [0.3, 0.4) is 0 Å². The number of hydrogen-bond donors (Lipinski definition) is 1. The Labute approximate surface area is 205 Å². The Bertz CT molecular complexity index is 881. The summed E-state index contributed by atoms with van der Waals surface area (Å²) in [6.45, 7) is 3.89. The van der Waals surface area contributed by atoms with Crippen LogP contribution in [0.4, 0.5) is 0 Å². The van der Waals surface area contributed by atoms with E-state index in [1.165, 1.54) is 0 Å². The molecule has 0 radical (unpaired) electrons. The van der Waals surface area contributed by atoms with E-state index in [4.69, 9.17) is 23.7 Å². The van der Waals surface area contributed by atoms with Gasteiger partial charge in [0.05, 0.1) is 12.5 Å². The van der Waals surface area contributed by atoms with Crippen LogP contribution < -0.4 is 5.32 Å². The minimum atomic E-state index is -1.51. The van der Waals surface area contributed by atoms with Crippen molar-refractivity contribution in [1.29, 1.82) is 0 Å². The fraction of sp³-hybridized carbons (Fsp3) is 0.800. The molecule has 1 heterocycles. The van der Waals surface area contributed by atoms with E-state index >= 15 is 0 Å². The Morgan fingerprint density at radius 1 is 0.861 bits per heavy atom. The van der Waals surface area contributed by atoms with Gasteiger partial charge in [-0.25, -0.2) is 0 Å². The summed E-state index contributed by atoms with van der Waals surface area (Å²) in [5.74, 6) is -3.12. The van der Waals surface area contributed by atoms with Gasteiger partial charge in [0.25, 0.3) is 0 Å². The Kier molecular flexibility index (Phi) is 10.0. The molecule has 16 nitrogen and oxygen atoms in total. The third kappa shape index (κ3) is 7.81. The average Bonchev–Trinajstić information content (AvgIpc) is 2.75. The number of nitrogens with one attached hydrogen (secondary N) is 1. The normalized spacial score (nSPS) is 32.0. The van der Waals surface area contributed by atoms with Crippen LogP contribution in [0.25, 0.3) is 0 Å². The summed E-state index contributed by atoms with van der Waals surface area (Å²) < 4.78 is 26.6. The number of carbonyl (C=O) groups excluding carboxylic acids is 4. The van der Waals surface area contributed by atoms with E-state index < -0.39 is 89.1 Å². The van der Waals surface area contributed by atoms with Crippen LogP contribution in [-0.2, 0) is 42.9 Å². The number of hydrogen-bond acceptors (Lipinski definition) is 14. The quantitative estimate of drug-likeness (QED) is 0.176. The number of rotatable bonds is 9. The van der Waals surface area contributed by atoms with E-state index in [9.17, 15) is 39.4 Å². The smallest absolute Gasteiger partial charge is 0.304 e. The third-order valence-corrected chi connectivity index (χ3v) is 5.75. The fourth-order valence-corrected chi connectivity index (χ4v) is 4.33. The molecular weight excluding hydrogens is 490 g/mol. The van der Waals surface area contributed by atoms with Crippen LogP contribution in [0.2, 0.25) is 0 Å². The Morgan fingerprint density at radius 2 is 1.44 bits per heavy atom. The first-order valence-corrected chi connectivity index (χ1v) is 11.1. The lowest BCUT2D eigenvalue weighted by atomic mass is 9.85. The molecule has 0 aromatic rings. The van der Waals surface area contributed by atoms with Crippen LogP contribution in [-0.4, -0.2) is 89.1 Å². The molecule has 0 unspecified atom stereocenters. The van der Waals surface area contributed by atoms with Gasteiger partial charge in [0.2, 0.25) is 18.4 Å². The predicted octanol–water partition coefficient (Wildman–Crippen LogP) is -0.498. The highest BCUT2D eigenvalue weighted by Crippen LogP contribution is 2.31. The monoisotopic (exact) mass is 519 g/mol. The van der Waals surface area contributed by atoms with Gasteiger partial charge in [0.15, 0.2) is 12.2 Å². The predicted molar refractivity (Wildman–Crippen MR) is 114 cm³/mol. The van der Waals surface area contributed by atoms with Gasteiger partial charge in [-0.3, -0.25) is 44.7 Å². The third-order valence-electron chi connectivity index (χ3n) is 5.75. The molecular formula is C20H29N3O13. The maximum atomic E-state index is 12.0. The van der Waals surface area contributed by atoms with Gasteiger partial charge in [0.1, 0.15) is 18.8 Å². The molecule has 2 aliphatic rings. The number of carbonyl (C=O) groups is 4. The van der Waals surface area contributed by atoms with Gasteiger partial charge < -0.3 is 23.7 Å². The zero-order valence-corrected chi connectivity index (χ0v) is 20.1. The summed E-state index contributed by atoms with van der Waals surface area (Å²) in [6.07, 6.45) is -5.83. The van der Waals surface area contributed by atoms with Crippen LogP contribution in [0, 0.1) is 20.2 Å². The molecule has 0 amide bonds. The molecule has 1 aliphatic carbocycles. The second kappa shape index (κ2) is 12.5. The van der Waals surface area contributed by atoms with Crippen molar-refractivity contribution in [1.82, 2.24) is 5.32 Å². The van der Waals surface area contributed by atoms with Crippen molar-refractivity contribution in [3.05, 3.63) is 20.2 Å². The highest BCUT2D eigenvalue weighted by atomic mass is 16.7. The molecule has 2 rings (SSSR count). The zero-order valence-electron chi connectivity index (χ0n) is 20.1.